The first-order chi connectivity index (χ1) is 8.17. The predicted octanol–water partition coefficient (Wildman–Crippen LogP) is 3.17. The molecule has 3 nitrogen and oxygen atoms in total. The van der Waals surface area contributed by atoms with E-state index >= 15 is 0 Å². The van der Waals surface area contributed by atoms with Crippen LogP contribution in [0.1, 0.15) is 19.4 Å². The van der Waals surface area contributed by atoms with Crippen molar-refractivity contribution in [2.45, 2.75) is 20.1 Å². The third kappa shape index (κ3) is 4.15. The Labute approximate surface area is 101 Å². The SMILES string of the molecule is C=CC(=O)OC(C)Oc1ccccc1/C=C\C. The monoisotopic (exact) mass is 232 g/mol. The Morgan fingerprint density at radius 2 is 2.12 bits per heavy atom. The van der Waals surface area contributed by atoms with Gasteiger partial charge in [0.25, 0.3) is 0 Å². The van der Waals surface area contributed by atoms with Crippen LogP contribution in [0.2, 0.25) is 0 Å². The molecule has 0 aliphatic carbocycles. The molecular weight excluding hydrogens is 216 g/mol. The third-order valence-electron chi connectivity index (χ3n) is 2.01. The summed E-state index contributed by atoms with van der Waals surface area (Å²) in [5.41, 5.74) is 0.941. The van der Waals surface area contributed by atoms with Crippen LogP contribution in [0.3, 0.4) is 0 Å². The van der Waals surface area contributed by atoms with E-state index in [2.05, 4.69) is 6.58 Å². The minimum Gasteiger partial charge on any atom is -0.454 e. The maximum atomic E-state index is 11.0. The highest BCUT2D eigenvalue weighted by Gasteiger charge is 2.09. The zero-order chi connectivity index (χ0) is 12.7. The molecule has 3 heteroatoms. The minimum absolute atomic E-state index is 0.499. The number of hydrogen-bond acceptors (Lipinski definition) is 3. The van der Waals surface area contributed by atoms with Gasteiger partial charge in [0.1, 0.15) is 5.75 Å². The first-order valence-corrected chi connectivity index (χ1v) is 5.38. The van der Waals surface area contributed by atoms with Crippen LogP contribution in [-0.2, 0) is 9.53 Å². The number of rotatable bonds is 5. The highest BCUT2D eigenvalue weighted by atomic mass is 16.7. The fourth-order valence-electron chi connectivity index (χ4n) is 1.32. The summed E-state index contributed by atoms with van der Waals surface area (Å²) >= 11 is 0. The van der Waals surface area contributed by atoms with E-state index in [9.17, 15) is 4.79 Å². The predicted molar refractivity (Wildman–Crippen MR) is 67.5 cm³/mol. The molecule has 0 aliphatic heterocycles. The quantitative estimate of drug-likeness (QED) is 0.444. The molecule has 1 rings (SSSR count). The van der Waals surface area contributed by atoms with E-state index in [1.54, 1.807) is 6.92 Å². The first kappa shape index (κ1) is 13.0. The lowest BCUT2D eigenvalue weighted by Crippen LogP contribution is -2.19. The van der Waals surface area contributed by atoms with Crippen molar-refractivity contribution in [1.82, 2.24) is 0 Å². The number of esters is 1. The van der Waals surface area contributed by atoms with E-state index in [0.717, 1.165) is 11.6 Å². The van der Waals surface area contributed by atoms with Gasteiger partial charge in [0.2, 0.25) is 6.29 Å². The van der Waals surface area contributed by atoms with Gasteiger partial charge in [-0.05, 0) is 13.0 Å². The van der Waals surface area contributed by atoms with E-state index in [1.807, 2.05) is 43.3 Å². The Bertz CT molecular complexity index is 421. The second-order valence-corrected chi connectivity index (χ2v) is 3.36. The molecule has 1 atom stereocenters. The maximum Gasteiger partial charge on any atom is 0.333 e. The summed E-state index contributed by atoms with van der Waals surface area (Å²) < 4.78 is 10.5. The number of carbonyl (C=O) groups excluding carboxylic acids is 1. The summed E-state index contributed by atoms with van der Waals surface area (Å²) in [6.45, 7) is 6.92. The van der Waals surface area contributed by atoms with Gasteiger partial charge in [0, 0.05) is 18.6 Å². The molecule has 0 heterocycles. The van der Waals surface area contributed by atoms with Gasteiger partial charge in [0.15, 0.2) is 0 Å². The molecule has 0 radical (unpaired) electrons. The lowest BCUT2D eigenvalue weighted by Gasteiger charge is -2.15. The molecular formula is C14H16O3. The first-order valence-electron chi connectivity index (χ1n) is 5.38. The van der Waals surface area contributed by atoms with Crippen LogP contribution in [0.5, 0.6) is 5.75 Å². The number of carbonyl (C=O) groups is 1. The van der Waals surface area contributed by atoms with Crippen molar-refractivity contribution < 1.29 is 14.3 Å². The molecule has 0 spiro atoms. The largest absolute Gasteiger partial charge is 0.454 e. The van der Waals surface area contributed by atoms with E-state index in [4.69, 9.17) is 9.47 Å². The molecule has 0 aromatic heterocycles. The molecule has 1 aromatic rings. The summed E-state index contributed by atoms with van der Waals surface area (Å²) in [7, 11) is 0. The van der Waals surface area contributed by atoms with Crippen molar-refractivity contribution in [3.8, 4) is 5.75 Å². The van der Waals surface area contributed by atoms with Crippen molar-refractivity contribution >= 4 is 12.0 Å². The van der Waals surface area contributed by atoms with E-state index < -0.39 is 12.3 Å². The van der Waals surface area contributed by atoms with Crippen molar-refractivity contribution in [1.29, 1.82) is 0 Å². The van der Waals surface area contributed by atoms with Gasteiger partial charge in [0.05, 0.1) is 0 Å². The average Bonchev–Trinajstić information content (AvgIpc) is 2.31. The summed E-state index contributed by atoms with van der Waals surface area (Å²) in [6.07, 6.45) is 4.31. The molecule has 0 N–H and O–H groups in total. The molecule has 0 aliphatic rings. The third-order valence-corrected chi connectivity index (χ3v) is 2.01. The second kappa shape index (κ2) is 6.53. The molecule has 1 aromatic carbocycles. The molecule has 0 bridgehead atoms. The molecule has 17 heavy (non-hydrogen) atoms. The maximum absolute atomic E-state index is 11.0. The van der Waals surface area contributed by atoms with E-state index in [-0.39, 0.29) is 0 Å². The molecule has 0 saturated carbocycles. The Kier molecular flexibility index (Phi) is 5.01. The standard InChI is InChI=1S/C14H16O3/c1-4-8-12-9-6-7-10-13(12)16-11(3)17-14(15)5-2/h4-11H,2H2,1,3H3/b8-4-. The van der Waals surface area contributed by atoms with Crippen LogP contribution in [-0.4, -0.2) is 12.3 Å². The van der Waals surface area contributed by atoms with Gasteiger partial charge in [-0.25, -0.2) is 4.79 Å². The Balaban J connectivity index is 2.73. The van der Waals surface area contributed by atoms with E-state index in [0.29, 0.717) is 5.75 Å². The Morgan fingerprint density at radius 3 is 2.76 bits per heavy atom. The normalized spacial score (nSPS) is 12.1. The van der Waals surface area contributed by atoms with Crippen molar-refractivity contribution in [2.75, 3.05) is 0 Å². The average molecular weight is 232 g/mol. The van der Waals surface area contributed by atoms with Crippen molar-refractivity contribution in [2.24, 2.45) is 0 Å². The summed E-state index contributed by atoms with van der Waals surface area (Å²) in [4.78, 5) is 11.0. The van der Waals surface area contributed by atoms with Crippen molar-refractivity contribution in [3.63, 3.8) is 0 Å². The van der Waals surface area contributed by atoms with Crippen LogP contribution in [0.25, 0.3) is 6.08 Å². The Hall–Kier alpha value is -2.03. The number of benzene rings is 1. The van der Waals surface area contributed by atoms with Gasteiger partial charge < -0.3 is 9.47 Å². The topological polar surface area (TPSA) is 35.5 Å². The van der Waals surface area contributed by atoms with Crippen LogP contribution in [0.4, 0.5) is 0 Å². The highest BCUT2D eigenvalue weighted by molar-refractivity contribution is 5.81. The lowest BCUT2D eigenvalue weighted by atomic mass is 10.2. The zero-order valence-corrected chi connectivity index (χ0v) is 10.1. The van der Waals surface area contributed by atoms with Crippen LogP contribution in [0.15, 0.2) is 43.0 Å². The number of hydrogen-bond donors (Lipinski definition) is 0. The van der Waals surface area contributed by atoms with Crippen molar-refractivity contribution in [3.05, 3.63) is 48.6 Å². The Morgan fingerprint density at radius 1 is 1.41 bits per heavy atom. The minimum atomic E-state index is -0.646. The number of para-hydroxylation sites is 1. The molecule has 0 fully saturated rings. The van der Waals surface area contributed by atoms with Gasteiger partial charge >= 0.3 is 5.97 Å². The van der Waals surface area contributed by atoms with E-state index in [1.165, 1.54) is 0 Å². The zero-order valence-electron chi connectivity index (χ0n) is 10.1. The van der Waals surface area contributed by atoms with Gasteiger partial charge in [-0.15, -0.1) is 0 Å². The van der Waals surface area contributed by atoms with Gasteiger partial charge in [-0.2, -0.15) is 0 Å². The second-order valence-electron chi connectivity index (χ2n) is 3.36. The number of ether oxygens (including phenoxy) is 2. The molecule has 0 amide bonds. The van der Waals surface area contributed by atoms with Gasteiger partial charge in [-0.1, -0.05) is 36.9 Å². The van der Waals surface area contributed by atoms with Crippen LogP contribution < -0.4 is 4.74 Å². The molecule has 90 valence electrons. The van der Waals surface area contributed by atoms with Crippen LogP contribution in [0, 0.1) is 0 Å². The van der Waals surface area contributed by atoms with Crippen LogP contribution >= 0.6 is 0 Å². The fraction of sp³-hybridized carbons (Fsp3) is 0.214. The number of allylic oxidation sites excluding steroid dienone is 1. The molecule has 1 unspecified atom stereocenters. The highest BCUT2D eigenvalue weighted by Crippen LogP contribution is 2.20. The molecule has 0 saturated heterocycles. The fourth-order valence-corrected chi connectivity index (χ4v) is 1.32. The summed E-state index contributed by atoms with van der Waals surface area (Å²) in [5, 5.41) is 0. The summed E-state index contributed by atoms with van der Waals surface area (Å²) in [5.74, 6) is 0.177. The van der Waals surface area contributed by atoms with Gasteiger partial charge in [-0.3, -0.25) is 0 Å². The lowest BCUT2D eigenvalue weighted by molar-refractivity contribution is -0.154. The summed E-state index contributed by atoms with van der Waals surface area (Å²) in [6, 6.07) is 7.54. The smallest absolute Gasteiger partial charge is 0.333 e.